The lowest BCUT2D eigenvalue weighted by Crippen LogP contribution is -2.54. The highest BCUT2D eigenvalue weighted by Crippen LogP contribution is 2.57. The number of aliphatic hydroxyl groups excluding tert-OH is 1. The largest absolute Gasteiger partial charge is 0.507 e. The number of phenolic OH excluding ortho intramolecular Hbond substituents is 3. The molecule has 0 radical (unpaired) electrons. The van der Waals surface area contributed by atoms with Crippen molar-refractivity contribution in [3.8, 4) is 17.2 Å². The van der Waals surface area contributed by atoms with Gasteiger partial charge in [-0.15, -0.1) is 0 Å². The predicted molar refractivity (Wildman–Crippen MR) is 146 cm³/mol. The molecule has 7 atom stereocenters. The van der Waals surface area contributed by atoms with Gasteiger partial charge in [0.2, 0.25) is 5.78 Å². The molecule has 0 spiro atoms. The minimum atomic E-state index is -1.86. The lowest BCUT2D eigenvalue weighted by atomic mass is 9.66. The van der Waals surface area contributed by atoms with Gasteiger partial charge >= 0.3 is 5.97 Å². The Balaban J connectivity index is 1.73. The van der Waals surface area contributed by atoms with Crippen molar-refractivity contribution in [3.63, 3.8) is 0 Å². The van der Waals surface area contributed by atoms with E-state index in [1.807, 2.05) is 4.90 Å². The Bertz CT molecular complexity index is 1470. The van der Waals surface area contributed by atoms with E-state index < -0.39 is 82.0 Å². The molecule has 0 amide bonds. The summed E-state index contributed by atoms with van der Waals surface area (Å²) in [6.07, 6.45) is -3.73. The molecule has 1 fully saturated rings. The fourth-order valence-corrected chi connectivity index (χ4v) is 6.59. The molecule has 1 aliphatic heterocycles. The third-order valence-corrected chi connectivity index (χ3v) is 8.88. The first-order valence-corrected chi connectivity index (χ1v) is 13.8. The SMILES string of the molecule is CC[C@@]1(O)C[C@H](O[C@H]2C[C@H](N(C)C)[C@H](O)[C@H](C)O2)c2c(O)c3c(c(O)c2C1C(=O)OC)C(=O)c1cccc(O)c1C3=O. The fourth-order valence-electron chi connectivity index (χ4n) is 6.59. The third-order valence-electron chi connectivity index (χ3n) is 8.88. The molecule has 42 heavy (non-hydrogen) atoms. The minimum Gasteiger partial charge on any atom is -0.507 e. The average molecular weight is 586 g/mol. The minimum absolute atomic E-state index is 0.00605. The third kappa shape index (κ3) is 4.36. The normalized spacial score (nSPS) is 30.5. The van der Waals surface area contributed by atoms with Crippen LogP contribution in [0.15, 0.2) is 18.2 Å². The smallest absolute Gasteiger partial charge is 0.316 e. The van der Waals surface area contributed by atoms with Gasteiger partial charge < -0.3 is 44.6 Å². The number of aliphatic hydroxyl groups is 2. The lowest BCUT2D eigenvalue weighted by molar-refractivity contribution is -0.258. The van der Waals surface area contributed by atoms with Gasteiger partial charge in [0, 0.05) is 35.6 Å². The molecule has 1 heterocycles. The van der Waals surface area contributed by atoms with E-state index in [9.17, 15) is 39.9 Å². The standard InChI is InChI=1S/C30H35NO11/c1-6-30(39)11-16(42-17-10-14(31(3)4)24(33)12(2)41-17)19-20(23(30)29(38)40-5)28(37)21-22(27(19)36)26(35)18-13(25(21)34)8-7-9-15(18)32/h7-9,12,14,16-17,23-24,32-33,36-37,39H,6,10-11H2,1-5H3/t12-,14-,16-,17-,23?,24+,30+/m0/s1. The summed E-state index contributed by atoms with van der Waals surface area (Å²) in [4.78, 5) is 42.3. The first-order chi connectivity index (χ1) is 19.8. The van der Waals surface area contributed by atoms with Crippen molar-refractivity contribution < 1.29 is 54.1 Å². The van der Waals surface area contributed by atoms with Gasteiger partial charge in [0.25, 0.3) is 0 Å². The van der Waals surface area contributed by atoms with Crippen molar-refractivity contribution in [1.82, 2.24) is 4.90 Å². The number of nitrogens with zero attached hydrogens (tertiary/aromatic N) is 1. The molecule has 226 valence electrons. The van der Waals surface area contributed by atoms with Crippen molar-refractivity contribution in [2.75, 3.05) is 21.2 Å². The van der Waals surface area contributed by atoms with Crippen LogP contribution in [0.4, 0.5) is 0 Å². The van der Waals surface area contributed by atoms with Crippen LogP contribution in [0, 0.1) is 0 Å². The van der Waals surface area contributed by atoms with E-state index in [1.165, 1.54) is 18.2 Å². The van der Waals surface area contributed by atoms with Crippen LogP contribution in [0.2, 0.25) is 0 Å². The molecule has 3 aliphatic rings. The van der Waals surface area contributed by atoms with Crippen LogP contribution in [-0.2, 0) is 19.0 Å². The van der Waals surface area contributed by atoms with Crippen LogP contribution >= 0.6 is 0 Å². The lowest BCUT2D eigenvalue weighted by Gasteiger charge is -2.46. The van der Waals surface area contributed by atoms with Gasteiger partial charge in [0.1, 0.15) is 23.2 Å². The molecule has 2 aliphatic carbocycles. The van der Waals surface area contributed by atoms with Gasteiger partial charge in [-0.25, -0.2) is 0 Å². The van der Waals surface area contributed by atoms with Crippen LogP contribution in [0.3, 0.4) is 0 Å². The number of fused-ring (bicyclic) bond motifs is 3. The number of phenols is 3. The van der Waals surface area contributed by atoms with E-state index in [1.54, 1.807) is 27.9 Å². The highest BCUT2D eigenvalue weighted by molar-refractivity contribution is 6.31. The van der Waals surface area contributed by atoms with Crippen LogP contribution in [-0.4, -0.2) is 99.3 Å². The Morgan fingerprint density at radius 3 is 2.33 bits per heavy atom. The van der Waals surface area contributed by atoms with E-state index >= 15 is 0 Å². The molecule has 0 saturated carbocycles. The van der Waals surface area contributed by atoms with Crippen LogP contribution in [0.25, 0.3) is 0 Å². The number of carbonyl (C=O) groups is 3. The van der Waals surface area contributed by atoms with Crippen molar-refractivity contribution in [1.29, 1.82) is 0 Å². The monoisotopic (exact) mass is 585 g/mol. The van der Waals surface area contributed by atoms with Crippen molar-refractivity contribution in [2.45, 2.75) is 75.3 Å². The molecule has 2 aromatic carbocycles. The predicted octanol–water partition coefficient (Wildman–Crippen LogP) is 1.86. The molecule has 5 rings (SSSR count). The summed E-state index contributed by atoms with van der Waals surface area (Å²) in [5, 5.41) is 56.2. The molecule has 1 unspecified atom stereocenters. The number of esters is 1. The molecule has 12 nitrogen and oxygen atoms in total. The number of ether oxygens (including phenoxy) is 3. The zero-order valence-corrected chi connectivity index (χ0v) is 24.0. The average Bonchev–Trinajstić information content (AvgIpc) is 2.94. The Morgan fingerprint density at radius 1 is 1.07 bits per heavy atom. The number of methoxy groups -OCH3 is 1. The number of ketones is 2. The molecular weight excluding hydrogens is 550 g/mol. The van der Waals surface area contributed by atoms with E-state index in [2.05, 4.69) is 0 Å². The zero-order valence-electron chi connectivity index (χ0n) is 24.0. The molecule has 0 aromatic heterocycles. The van der Waals surface area contributed by atoms with Crippen molar-refractivity contribution >= 4 is 17.5 Å². The molecule has 0 bridgehead atoms. The summed E-state index contributed by atoms with van der Waals surface area (Å²) in [6.45, 7) is 3.30. The van der Waals surface area contributed by atoms with E-state index in [0.29, 0.717) is 0 Å². The van der Waals surface area contributed by atoms with Gasteiger partial charge in [-0.1, -0.05) is 19.1 Å². The van der Waals surface area contributed by atoms with Crippen LogP contribution in [0.5, 0.6) is 17.2 Å². The second kappa shape index (κ2) is 10.6. The Hall–Kier alpha value is -3.55. The zero-order chi connectivity index (χ0) is 30.8. The summed E-state index contributed by atoms with van der Waals surface area (Å²) < 4.78 is 17.2. The Morgan fingerprint density at radius 2 is 1.71 bits per heavy atom. The number of benzene rings is 2. The highest BCUT2D eigenvalue weighted by Gasteiger charge is 2.55. The maximum atomic E-state index is 13.7. The Kier molecular flexibility index (Phi) is 7.57. The van der Waals surface area contributed by atoms with Gasteiger partial charge in [-0.2, -0.15) is 0 Å². The summed E-state index contributed by atoms with van der Waals surface area (Å²) in [5.41, 5.74) is -3.96. The van der Waals surface area contributed by atoms with Crippen molar-refractivity contribution in [3.05, 3.63) is 51.6 Å². The number of hydrogen-bond donors (Lipinski definition) is 5. The van der Waals surface area contributed by atoms with Crippen molar-refractivity contribution in [2.24, 2.45) is 0 Å². The van der Waals surface area contributed by atoms with E-state index in [-0.39, 0.29) is 47.6 Å². The maximum absolute atomic E-state index is 13.7. The number of aromatic hydroxyl groups is 3. The first kappa shape index (κ1) is 29.9. The molecule has 5 N–H and O–H groups in total. The van der Waals surface area contributed by atoms with Crippen LogP contribution < -0.4 is 0 Å². The number of rotatable bonds is 5. The van der Waals surface area contributed by atoms with E-state index in [4.69, 9.17) is 14.2 Å². The number of carbonyl (C=O) groups excluding carboxylic acids is 3. The van der Waals surface area contributed by atoms with E-state index in [0.717, 1.165) is 7.11 Å². The summed E-state index contributed by atoms with van der Waals surface area (Å²) in [7, 11) is 4.69. The second-order valence-electron chi connectivity index (χ2n) is 11.4. The van der Waals surface area contributed by atoms with Crippen LogP contribution in [0.1, 0.15) is 88.1 Å². The van der Waals surface area contributed by atoms with Gasteiger partial charge in [0.15, 0.2) is 12.1 Å². The summed E-state index contributed by atoms with van der Waals surface area (Å²) in [6, 6.07) is 3.53. The molecule has 1 saturated heterocycles. The first-order valence-electron chi connectivity index (χ1n) is 13.8. The van der Waals surface area contributed by atoms with Gasteiger partial charge in [-0.3, -0.25) is 14.4 Å². The molecule has 2 aromatic rings. The number of hydrogen-bond acceptors (Lipinski definition) is 12. The van der Waals surface area contributed by atoms with Gasteiger partial charge in [0.05, 0.1) is 47.7 Å². The Labute approximate surface area is 242 Å². The second-order valence-corrected chi connectivity index (χ2v) is 11.4. The number of likely N-dealkylation sites (N-methyl/N-ethyl adjacent to an activating group) is 1. The molecule has 12 heteroatoms. The maximum Gasteiger partial charge on any atom is 0.316 e. The fraction of sp³-hybridized carbons (Fsp3) is 0.500. The summed E-state index contributed by atoms with van der Waals surface area (Å²) >= 11 is 0. The molecular formula is C30H35NO11. The highest BCUT2D eigenvalue weighted by atomic mass is 16.7. The topological polar surface area (TPSA) is 183 Å². The van der Waals surface area contributed by atoms with Gasteiger partial charge in [-0.05, 0) is 33.5 Å². The summed E-state index contributed by atoms with van der Waals surface area (Å²) in [5.74, 6) is -6.22. The quantitative estimate of drug-likeness (QED) is 0.217.